The molecule has 3 aliphatic rings. The molecule has 0 bridgehead atoms. The van der Waals surface area contributed by atoms with Crippen LogP contribution in [0, 0.1) is 5.92 Å². The second-order valence-corrected chi connectivity index (χ2v) is 6.16. The Morgan fingerprint density at radius 3 is 2.65 bits per heavy atom. The fourth-order valence-corrected chi connectivity index (χ4v) is 3.24. The van der Waals surface area contributed by atoms with E-state index in [1.54, 1.807) is 0 Å². The van der Waals surface area contributed by atoms with E-state index in [-0.39, 0.29) is 0 Å². The quantitative estimate of drug-likeness (QED) is 0.795. The Balaban J connectivity index is 1.34. The molecule has 1 aliphatic carbocycles. The average molecular weight is 275 g/mol. The van der Waals surface area contributed by atoms with Gasteiger partial charge in [-0.05, 0) is 19.3 Å². The Kier molecular flexibility index (Phi) is 2.98. The number of carbonyl (C=O) groups excluding carboxylic acids is 1. The van der Waals surface area contributed by atoms with Crippen LogP contribution in [0.15, 0.2) is 0 Å². The number of hydrogen-bond donors (Lipinski definition) is 0. The van der Waals surface area contributed by atoms with E-state index in [1.165, 1.54) is 6.42 Å². The molecule has 2 aliphatic heterocycles. The molecule has 0 N–H and O–H groups in total. The Hall–Kier alpha value is -1.43. The van der Waals surface area contributed by atoms with Crippen molar-refractivity contribution in [3.8, 4) is 0 Å². The minimum Gasteiger partial charge on any atom is -0.340 e. The van der Waals surface area contributed by atoms with Crippen molar-refractivity contribution in [3.05, 3.63) is 11.6 Å². The molecule has 1 aromatic rings. The molecule has 0 unspecified atom stereocenters. The van der Waals surface area contributed by atoms with Crippen LogP contribution in [-0.4, -0.2) is 56.7 Å². The third kappa shape index (κ3) is 2.22. The maximum atomic E-state index is 12.0. The lowest BCUT2D eigenvalue weighted by molar-refractivity contribution is -0.134. The summed E-state index contributed by atoms with van der Waals surface area (Å²) in [6, 6.07) is 0. The molecular formula is C14H21N5O. The molecule has 0 aromatic carbocycles. The van der Waals surface area contributed by atoms with Gasteiger partial charge in [0.05, 0.1) is 6.54 Å². The minimum absolute atomic E-state index is 0.348. The van der Waals surface area contributed by atoms with Crippen LogP contribution in [0.25, 0.3) is 0 Å². The topological polar surface area (TPSA) is 54.3 Å². The average Bonchev–Trinajstić information content (AvgIpc) is 3.10. The van der Waals surface area contributed by atoms with Crippen molar-refractivity contribution < 1.29 is 4.79 Å². The van der Waals surface area contributed by atoms with Crippen LogP contribution < -0.4 is 0 Å². The Morgan fingerprint density at radius 1 is 1.10 bits per heavy atom. The molecule has 6 heteroatoms. The molecule has 0 radical (unpaired) electrons. The summed E-state index contributed by atoms with van der Waals surface area (Å²) in [6.45, 7) is 5.60. The van der Waals surface area contributed by atoms with Gasteiger partial charge in [0.2, 0.25) is 5.91 Å². The maximum absolute atomic E-state index is 12.0. The van der Waals surface area contributed by atoms with Crippen molar-refractivity contribution in [1.29, 1.82) is 0 Å². The third-order valence-electron chi connectivity index (χ3n) is 4.66. The van der Waals surface area contributed by atoms with Crippen LogP contribution in [0.2, 0.25) is 0 Å². The van der Waals surface area contributed by atoms with Crippen molar-refractivity contribution in [1.82, 2.24) is 24.6 Å². The number of aryl methyl sites for hydroxylation is 1. The summed E-state index contributed by atoms with van der Waals surface area (Å²) in [5.74, 6) is 2.97. The first-order chi connectivity index (χ1) is 9.81. The van der Waals surface area contributed by atoms with Crippen molar-refractivity contribution >= 4 is 5.91 Å². The van der Waals surface area contributed by atoms with Gasteiger partial charge in [0.15, 0.2) is 0 Å². The highest BCUT2D eigenvalue weighted by Crippen LogP contribution is 2.31. The van der Waals surface area contributed by atoms with Gasteiger partial charge in [0.25, 0.3) is 0 Å². The standard InChI is InChI=1S/C14H21N5O/c20-14(11-3-4-11)18-8-6-17(7-9-18)10-13-16-15-12-2-1-5-19(12)13/h11H,1-10H2. The smallest absolute Gasteiger partial charge is 0.225 e. The number of carbonyl (C=O) groups is 1. The maximum Gasteiger partial charge on any atom is 0.225 e. The van der Waals surface area contributed by atoms with Crippen LogP contribution in [0.3, 0.4) is 0 Å². The van der Waals surface area contributed by atoms with Crippen LogP contribution >= 0.6 is 0 Å². The SMILES string of the molecule is O=C(C1CC1)N1CCN(Cc2nnc3n2CCC3)CC1. The molecule has 6 nitrogen and oxygen atoms in total. The van der Waals surface area contributed by atoms with E-state index in [1.807, 2.05) is 4.90 Å². The van der Waals surface area contributed by atoms with E-state index in [9.17, 15) is 4.79 Å². The molecule has 1 saturated heterocycles. The molecule has 1 saturated carbocycles. The second-order valence-electron chi connectivity index (χ2n) is 6.16. The summed E-state index contributed by atoms with van der Waals surface area (Å²) in [5.41, 5.74) is 0. The number of fused-ring (bicyclic) bond motifs is 1. The summed E-state index contributed by atoms with van der Waals surface area (Å²) in [7, 11) is 0. The summed E-state index contributed by atoms with van der Waals surface area (Å²) in [4.78, 5) is 16.5. The van der Waals surface area contributed by atoms with Crippen LogP contribution in [0.5, 0.6) is 0 Å². The molecule has 2 fully saturated rings. The largest absolute Gasteiger partial charge is 0.340 e. The molecule has 20 heavy (non-hydrogen) atoms. The van der Waals surface area contributed by atoms with Crippen molar-refractivity contribution in [3.63, 3.8) is 0 Å². The normalized spacial score (nSPS) is 23.1. The summed E-state index contributed by atoms with van der Waals surface area (Å²) in [5, 5.41) is 8.57. The fourth-order valence-electron chi connectivity index (χ4n) is 3.24. The number of rotatable bonds is 3. The van der Waals surface area contributed by atoms with Gasteiger partial charge in [-0.3, -0.25) is 9.69 Å². The van der Waals surface area contributed by atoms with E-state index in [4.69, 9.17) is 0 Å². The van der Waals surface area contributed by atoms with E-state index < -0.39 is 0 Å². The first-order valence-electron chi connectivity index (χ1n) is 7.73. The first-order valence-corrected chi connectivity index (χ1v) is 7.73. The van der Waals surface area contributed by atoms with Gasteiger partial charge >= 0.3 is 0 Å². The van der Waals surface area contributed by atoms with Gasteiger partial charge in [0.1, 0.15) is 11.6 Å². The summed E-state index contributed by atoms with van der Waals surface area (Å²) < 4.78 is 2.27. The van der Waals surface area contributed by atoms with Crippen LogP contribution in [0.4, 0.5) is 0 Å². The van der Waals surface area contributed by atoms with Gasteiger partial charge in [-0.25, -0.2) is 0 Å². The lowest BCUT2D eigenvalue weighted by atomic mass is 10.2. The Morgan fingerprint density at radius 2 is 1.90 bits per heavy atom. The van der Waals surface area contributed by atoms with Crippen LogP contribution in [0.1, 0.15) is 30.9 Å². The molecule has 0 spiro atoms. The zero-order valence-electron chi connectivity index (χ0n) is 11.8. The highest BCUT2D eigenvalue weighted by atomic mass is 16.2. The number of hydrogen-bond acceptors (Lipinski definition) is 4. The highest BCUT2D eigenvalue weighted by Gasteiger charge is 2.34. The minimum atomic E-state index is 0.348. The second kappa shape index (κ2) is 4.84. The number of piperazine rings is 1. The molecule has 108 valence electrons. The van der Waals surface area contributed by atoms with Gasteiger partial charge in [-0.1, -0.05) is 0 Å². The summed E-state index contributed by atoms with van der Waals surface area (Å²) >= 11 is 0. The summed E-state index contributed by atoms with van der Waals surface area (Å²) in [6.07, 6.45) is 4.47. The molecule has 3 heterocycles. The van der Waals surface area contributed by atoms with E-state index in [2.05, 4.69) is 19.7 Å². The number of amides is 1. The van der Waals surface area contributed by atoms with Crippen molar-refractivity contribution in [2.75, 3.05) is 26.2 Å². The van der Waals surface area contributed by atoms with E-state index in [0.29, 0.717) is 11.8 Å². The molecule has 4 rings (SSSR count). The van der Waals surface area contributed by atoms with Gasteiger partial charge in [0, 0.05) is 45.1 Å². The Bertz CT molecular complexity index is 514. The zero-order valence-corrected chi connectivity index (χ0v) is 11.8. The predicted octanol–water partition coefficient (Wildman–Crippen LogP) is 0.278. The van der Waals surface area contributed by atoms with Crippen molar-refractivity contribution in [2.45, 2.75) is 38.8 Å². The van der Waals surface area contributed by atoms with E-state index >= 15 is 0 Å². The lowest BCUT2D eigenvalue weighted by Gasteiger charge is -2.34. The van der Waals surface area contributed by atoms with Gasteiger partial charge in [-0.15, -0.1) is 10.2 Å². The fraction of sp³-hybridized carbons (Fsp3) is 0.786. The monoisotopic (exact) mass is 275 g/mol. The molecule has 0 atom stereocenters. The number of aromatic nitrogens is 3. The van der Waals surface area contributed by atoms with E-state index in [0.717, 1.165) is 70.2 Å². The highest BCUT2D eigenvalue weighted by molar-refractivity contribution is 5.81. The number of nitrogens with zero attached hydrogens (tertiary/aromatic N) is 5. The first kappa shape index (κ1) is 12.3. The van der Waals surface area contributed by atoms with Crippen LogP contribution in [-0.2, 0) is 24.3 Å². The zero-order chi connectivity index (χ0) is 13.5. The predicted molar refractivity (Wildman–Crippen MR) is 72.9 cm³/mol. The van der Waals surface area contributed by atoms with Gasteiger partial charge in [-0.2, -0.15) is 0 Å². The van der Waals surface area contributed by atoms with Crippen molar-refractivity contribution in [2.24, 2.45) is 5.92 Å². The molecule has 1 aromatic heterocycles. The molecular weight excluding hydrogens is 254 g/mol. The lowest BCUT2D eigenvalue weighted by Crippen LogP contribution is -2.49. The Labute approximate surface area is 118 Å². The van der Waals surface area contributed by atoms with Gasteiger partial charge < -0.3 is 9.47 Å². The molecule has 1 amide bonds. The third-order valence-corrected chi connectivity index (χ3v) is 4.66.